The monoisotopic (exact) mass is 403 g/mol. The summed E-state index contributed by atoms with van der Waals surface area (Å²) in [6, 6.07) is 20.2. The van der Waals surface area contributed by atoms with Crippen LogP contribution < -0.4 is 10.1 Å². The number of hydrogen-bond donors (Lipinski definition) is 1. The maximum atomic E-state index is 13.7. The second-order valence-electron chi connectivity index (χ2n) is 8.34. The van der Waals surface area contributed by atoms with Gasteiger partial charge in [0, 0.05) is 29.7 Å². The van der Waals surface area contributed by atoms with Crippen molar-refractivity contribution in [2.45, 2.75) is 45.1 Å². The number of aryl methyl sites for hydroxylation is 1. The van der Waals surface area contributed by atoms with Crippen LogP contribution in [0.25, 0.3) is 10.8 Å². The standard InChI is InChI=1S/C26H29NO3/c1-18(2)30-24-13-12-23(21-6-4-5-7-22(21)24)27-25(28)26(14-16-29-17-15-26)20-10-8-19(3)9-11-20/h4-13,18H,14-17H2,1-3H3,(H,27,28). The molecule has 30 heavy (non-hydrogen) atoms. The number of carbonyl (C=O) groups is 1. The van der Waals surface area contributed by atoms with Gasteiger partial charge >= 0.3 is 0 Å². The Morgan fingerprint density at radius 1 is 0.967 bits per heavy atom. The van der Waals surface area contributed by atoms with Crippen LogP contribution in [0.3, 0.4) is 0 Å². The molecule has 0 atom stereocenters. The topological polar surface area (TPSA) is 47.6 Å². The lowest BCUT2D eigenvalue weighted by Crippen LogP contribution is -2.44. The number of amides is 1. The van der Waals surface area contributed by atoms with Gasteiger partial charge < -0.3 is 14.8 Å². The molecule has 4 nitrogen and oxygen atoms in total. The fourth-order valence-electron chi connectivity index (χ4n) is 4.22. The molecule has 0 saturated carbocycles. The molecule has 0 bridgehead atoms. The van der Waals surface area contributed by atoms with Gasteiger partial charge in [-0.3, -0.25) is 4.79 Å². The van der Waals surface area contributed by atoms with Crippen LogP contribution in [0, 0.1) is 6.92 Å². The molecule has 0 aliphatic carbocycles. The Labute approximate surface area is 178 Å². The van der Waals surface area contributed by atoms with Crippen LogP contribution in [0.4, 0.5) is 5.69 Å². The second kappa shape index (κ2) is 8.49. The lowest BCUT2D eigenvalue weighted by Gasteiger charge is -2.36. The van der Waals surface area contributed by atoms with E-state index in [9.17, 15) is 4.79 Å². The molecular weight excluding hydrogens is 374 g/mol. The Morgan fingerprint density at radius 3 is 2.30 bits per heavy atom. The normalized spacial score (nSPS) is 15.9. The van der Waals surface area contributed by atoms with E-state index in [0.717, 1.165) is 27.8 Å². The fourth-order valence-corrected chi connectivity index (χ4v) is 4.22. The average molecular weight is 404 g/mol. The van der Waals surface area contributed by atoms with Gasteiger partial charge in [0.25, 0.3) is 0 Å². The summed E-state index contributed by atoms with van der Waals surface area (Å²) in [6.07, 6.45) is 1.43. The quantitative estimate of drug-likeness (QED) is 0.601. The van der Waals surface area contributed by atoms with Gasteiger partial charge in [0.1, 0.15) is 5.75 Å². The molecule has 1 heterocycles. The Kier molecular flexibility index (Phi) is 5.78. The maximum Gasteiger partial charge on any atom is 0.235 e. The van der Waals surface area contributed by atoms with E-state index in [4.69, 9.17) is 9.47 Å². The third-order valence-electron chi connectivity index (χ3n) is 5.88. The van der Waals surface area contributed by atoms with Crippen LogP contribution in [0.1, 0.15) is 37.8 Å². The molecule has 1 amide bonds. The molecule has 0 radical (unpaired) electrons. The number of ether oxygens (including phenoxy) is 2. The molecule has 1 N–H and O–H groups in total. The summed E-state index contributed by atoms with van der Waals surface area (Å²) in [6.45, 7) is 7.27. The molecule has 4 rings (SSSR count). The van der Waals surface area contributed by atoms with Crippen LogP contribution in [-0.2, 0) is 14.9 Å². The third-order valence-corrected chi connectivity index (χ3v) is 5.88. The molecule has 4 heteroatoms. The highest BCUT2D eigenvalue weighted by atomic mass is 16.5. The minimum Gasteiger partial charge on any atom is -0.490 e. The highest BCUT2D eigenvalue weighted by Gasteiger charge is 2.41. The molecule has 1 aliphatic rings. The molecule has 1 aliphatic heterocycles. The lowest BCUT2D eigenvalue weighted by atomic mass is 9.73. The molecule has 1 fully saturated rings. The first-order valence-electron chi connectivity index (χ1n) is 10.6. The van der Waals surface area contributed by atoms with Crippen molar-refractivity contribution in [3.05, 3.63) is 71.8 Å². The molecule has 3 aromatic carbocycles. The van der Waals surface area contributed by atoms with E-state index in [1.807, 2.05) is 50.2 Å². The summed E-state index contributed by atoms with van der Waals surface area (Å²) >= 11 is 0. The highest BCUT2D eigenvalue weighted by molar-refractivity contribution is 6.07. The van der Waals surface area contributed by atoms with Crippen molar-refractivity contribution in [1.82, 2.24) is 0 Å². The summed E-state index contributed by atoms with van der Waals surface area (Å²) in [5.41, 5.74) is 2.47. The fraction of sp³-hybridized carbons (Fsp3) is 0.346. The van der Waals surface area contributed by atoms with Crippen LogP contribution in [0.15, 0.2) is 60.7 Å². The Morgan fingerprint density at radius 2 is 1.63 bits per heavy atom. The Hall–Kier alpha value is -2.85. The van der Waals surface area contributed by atoms with Gasteiger partial charge in [-0.2, -0.15) is 0 Å². The summed E-state index contributed by atoms with van der Waals surface area (Å²) in [5, 5.41) is 5.22. The molecule has 0 aromatic heterocycles. The first kappa shape index (κ1) is 20.4. The molecular formula is C26H29NO3. The van der Waals surface area contributed by atoms with Crippen molar-refractivity contribution in [1.29, 1.82) is 0 Å². The van der Waals surface area contributed by atoms with E-state index >= 15 is 0 Å². The number of anilines is 1. The van der Waals surface area contributed by atoms with E-state index in [1.54, 1.807) is 0 Å². The van der Waals surface area contributed by atoms with E-state index in [1.165, 1.54) is 5.56 Å². The third kappa shape index (κ3) is 3.92. The molecule has 0 spiro atoms. The summed E-state index contributed by atoms with van der Waals surface area (Å²) in [7, 11) is 0. The number of carbonyl (C=O) groups excluding carboxylic acids is 1. The maximum absolute atomic E-state index is 13.7. The van der Waals surface area contributed by atoms with Gasteiger partial charge in [-0.15, -0.1) is 0 Å². The summed E-state index contributed by atoms with van der Waals surface area (Å²) < 4.78 is 11.6. The SMILES string of the molecule is Cc1ccc(C2(C(=O)Nc3ccc(OC(C)C)c4ccccc34)CCOCC2)cc1. The van der Waals surface area contributed by atoms with Crippen LogP contribution in [-0.4, -0.2) is 25.2 Å². The first-order valence-corrected chi connectivity index (χ1v) is 10.6. The minimum atomic E-state index is -0.583. The Bertz CT molecular complexity index is 1030. The zero-order valence-corrected chi connectivity index (χ0v) is 17.9. The van der Waals surface area contributed by atoms with Crippen LogP contribution >= 0.6 is 0 Å². The van der Waals surface area contributed by atoms with Crippen molar-refractivity contribution < 1.29 is 14.3 Å². The largest absolute Gasteiger partial charge is 0.490 e. The van der Waals surface area contributed by atoms with E-state index in [0.29, 0.717) is 26.1 Å². The van der Waals surface area contributed by atoms with Crippen LogP contribution in [0.2, 0.25) is 0 Å². The predicted molar refractivity (Wildman–Crippen MR) is 121 cm³/mol. The zero-order valence-electron chi connectivity index (χ0n) is 17.9. The molecule has 0 unspecified atom stereocenters. The molecule has 156 valence electrons. The lowest BCUT2D eigenvalue weighted by molar-refractivity contribution is -0.125. The van der Waals surface area contributed by atoms with E-state index in [-0.39, 0.29) is 12.0 Å². The van der Waals surface area contributed by atoms with Gasteiger partial charge in [0.05, 0.1) is 11.5 Å². The minimum absolute atomic E-state index is 0.0253. The number of fused-ring (bicyclic) bond motifs is 1. The first-order chi connectivity index (χ1) is 14.5. The average Bonchev–Trinajstić information content (AvgIpc) is 2.76. The van der Waals surface area contributed by atoms with Gasteiger partial charge in [-0.05, 0) is 51.3 Å². The van der Waals surface area contributed by atoms with Crippen molar-refractivity contribution in [2.24, 2.45) is 0 Å². The highest BCUT2D eigenvalue weighted by Crippen LogP contribution is 2.38. The smallest absolute Gasteiger partial charge is 0.235 e. The molecule has 1 saturated heterocycles. The van der Waals surface area contributed by atoms with Crippen molar-refractivity contribution in [2.75, 3.05) is 18.5 Å². The van der Waals surface area contributed by atoms with Crippen molar-refractivity contribution in [3.63, 3.8) is 0 Å². The van der Waals surface area contributed by atoms with Gasteiger partial charge in [-0.1, -0.05) is 54.1 Å². The number of hydrogen-bond acceptors (Lipinski definition) is 3. The van der Waals surface area contributed by atoms with E-state index < -0.39 is 5.41 Å². The van der Waals surface area contributed by atoms with Gasteiger partial charge in [-0.25, -0.2) is 0 Å². The number of benzene rings is 3. The molecule has 3 aromatic rings. The van der Waals surface area contributed by atoms with Crippen molar-refractivity contribution in [3.8, 4) is 5.75 Å². The van der Waals surface area contributed by atoms with Crippen molar-refractivity contribution >= 4 is 22.4 Å². The van der Waals surface area contributed by atoms with Gasteiger partial charge in [0.15, 0.2) is 0 Å². The number of rotatable bonds is 5. The number of nitrogens with one attached hydrogen (secondary N) is 1. The Balaban J connectivity index is 1.71. The van der Waals surface area contributed by atoms with E-state index in [2.05, 4.69) is 36.5 Å². The second-order valence-corrected chi connectivity index (χ2v) is 8.34. The summed E-state index contributed by atoms with van der Waals surface area (Å²) in [4.78, 5) is 13.7. The zero-order chi connectivity index (χ0) is 21.1. The predicted octanol–water partition coefficient (Wildman–Crippen LogP) is 5.62. The van der Waals surface area contributed by atoms with Crippen LogP contribution in [0.5, 0.6) is 5.75 Å². The van der Waals surface area contributed by atoms with Gasteiger partial charge in [0.2, 0.25) is 5.91 Å². The summed E-state index contributed by atoms with van der Waals surface area (Å²) in [5.74, 6) is 0.857.